The Morgan fingerprint density at radius 2 is 1.94 bits per heavy atom. The summed E-state index contributed by atoms with van der Waals surface area (Å²) in [7, 11) is 0. The maximum atomic E-state index is 11.3. The van der Waals surface area contributed by atoms with Crippen LogP contribution in [0.2, 0.25) is 0 Å². The molecule has 0 amide bonds. The van der Waals surface area contributed by atoms with Gasteiger partial charge in [-0.15, -0.1) is 0 Å². The molecular formula is C14H19NO2. The molecule has 0 fully saturated rings. The van der Waals surface area contributed by atoms with Crippen LogP contribution in [0.4, 0.5) is 0 Å². The molecule has 0 saturated carbocycles. The average molecular weight is 233 g/mol. The first kappa shape index (κ1) is 13.3. The molecule has 0 atom stereocenters. The molecular weight excluding hydrogens is 214 g/mol. The van der Waals surface area contributed by atoms with Crippen molar-refractivity contribution < 1.29 is 9.90 Å². The molecule has 0 aliphatic heterocycles. The summed E-state index contributed by atoms with van der Waals surface area (Å²) in [6.07, 6.45) is 2.13. The lowest BCUT2D eigenvalue weighted by Crippen LogP contribution is -2.17. The third kappa shape index (κ3) is 3.94. The van der Waals surface area contributed by atoms with Crippen LogP contribution in [-0.4, -0.2) is 17.6 Å². The van der Waals surface area contributed by atoms with E-state index in [1.807, 2.05) is 37.3 Å². The minimum Gasteiger partial charge on any atom is -0.478 e. The number of rotatable bonds is 6. The largest absolute Gasteiger partial charge is 0.478 e. The van der Waals surface area contributed by atoms with Crippen LogP contribution in [0.5, 0.6) is 0 Å². The second kappa shape index (κ2) is 6.74. The Kier molecular flexibility index (Phi) is 5.27. The third-order valence-electron chi connectivity index (χ3n) is 2.57. The molecule has 1 rings (SSSR count). The number of hydrogen-bond acceptors (Lipinski definition) is 2. The standard InChI is InChI=1S/C14H19NO2/c1-3-4-10-15-11(2)13(14(16)17)12-8-6-5-7-9-12/h5-9,15H,3-4,10H2,1-2H3,(H,16,17)/b13-11+. The zero-order valence-corrected chi connectivity index (χ0v) is 10.4. The molecule has 0 bridgehead atoms. The topological polar surface area (TPSA) is 49.3 Å². The molecule has 92 valence electrons. The van der Waals surface area contributed by atoms with Gasteiger partial charge >= 0.3 is 5.97 Å². The molecule has 1 aromatic carbocycles. The second-order valence-corrected chi connectivity index (χ2v) is 3.95. The zero-order chi connectivity index (χ0) is 12.7. The average Bonchev–Trinajstić information content (AvgIpc) is 2.30. The molecule has 1 aromatic rings. The van der Waals surface area contributed by atoms with Crippen LogP contribution in [0, 0.1) is 0 Å². The Morgan fingerprint density at radius 3 is 2.47 bits per heavy atom. The fourth-order valence-corrected chi connectivity index (χ4v) is 1.65. The van der Waals surface area contributed by atoms with Crippen molar-refractivity contribution in [3.05, 3.63) is 41.6 Å². The highest BCUT2D eigenvalue weighted by molar-refractivity contribution is 6.16. The SMILES string of the molecule is CCCCN/C(C)=C(/C(=O)O)c1ccccc1. The van der Waals surface area contributed by atoms with Crippen molar-refractivity contribution in [1.82, 2.24) is 5.32 Å². The summed E-state index contributed by atoms with van der Waals surface area (Å²) >= 11 is 0. The number of carboxylic acid groups (broad SMARTS) is 1. The van der Waals surface area contributed by atoms with E-state index in [0.717, 1.165) is 30.6 Å². The van der Waals surface area contributed by atoms with E-state index in [1.54, 1.807) is 0 Å². The van der Waals surface area contributed by atoms with E-state index in [-0.39, 0.29) is 0 Å². The molecule has 0 saturated heterocycles. The van der Waals surface area contributed by atoms with E-state index in [1.165, 1.54) is 0 Å². The van der Waals surface area contributed by atoms with Crippen LogP contribution >= 0.6 is 0 Å². The van der Waals surface area contributed by atoms with E-state index in [0.29, 0.717) is 5.57 Å². The molecule has 2 N–H and O–H groups in total. The highest BCUT2D eigenvalue weighted by atomic mass is 16.4. The van der Waals surface area contributed by atoms with Crippen molar-refractivity contribution >= 4 is 11.5 Å². The number of carbonyl (C=O) groups is 1. The number of hydrogen-bond donors (Lipinski definition) is 2. The molecule has 0 aromatic heterocycles. The van der Waals surface area contributed by atoms with Gasteiger partial charge in [0.2, 0.25) is 0 Å². The van der Waals surface area contributed by atoms with Gasteiger partial charge in [-0.2, -0.15) is 0 Å². The summed E-state index contributed by atoms with van der Waals surface area (Å²) in [4.78, 5) is 11.3. The van der Waals surface area contributed by atoms with Crippen LogP contribution in [-0.2, 0) is 4.79 Å². The van der Waals surface area contributed by atoms with E-state index in [9.17, 15) is 9.90 Å². The zero-order valence-electron chi connectivity index (χ0n) is 10.4. The lowest BCUT2D eigenvalue weighted by molar-refractivity contribution is -0.130. The van der Waals surface area contributed by atoms with Gasteiger partial charge in [0.15, 0.2) is 0 Å². The van der Waals surface area contributed by atoms with Gasteiger partial charge in [-0.25, -0.2) is 4.79 Å². The predicted octanol–water partition coefficient (Wildman–Crippen LogP) is 2.89. The monoisotopic (exact) mass is 233 g/mol. The summed E-state index contributed by atoms with van der Waals surface area (Å²) in [5.41, 5.74) is 1.81. The molecule has 0 aliphatic rings. The number of carboxylic acids is 1. The Labute approximate surface area is 102 Å². The van der Waals surface area contributed by atoms with Crippen LogP contribution in [0.25, 0.3) is 5.57 Å². The highest BCUT2D eigenvalue weighted by Crippen LogP contribution is 2.17. The van der Waals surface area contributed by atoms with Crippen LogP contribution in [0.3, 0.4) is 0 Å². The van der Waals surface area contributed by atoms with E-state index in [4.69, 9.17) is 0 Å². The lowest BCUT2D eigenvalue weighted by Gasteiger charge is -2.11. The van der Waals surface area contributed by atoms with E-state index >= 15 is 0 Å². The number of aliphatic carboxylic acids is 1. The van der Waals surface area contributed by atoms with Crippen molar-refractivity contribution in [3.63, 3.8) is 0 Å². The second-order valence-electron chi connectivity index (χ2n) is 3.95. The quantitative estimate of drug-likeness (QED) is 0.586. The number of unbranched alkanes of at least 4 members (excludes halogenated alkanes) is 1. The van der Waals surface area contributed by atoms with Gasteiger partial charge in [0.25, 0.3) is 0 Å². The molecule has 0 heterocycles. The summed E-state index contributed by atoms with van der Waals surface area (Å²) in [6.45, 7) is 4.73. The van der Waals surface area contributed by atoms with E-state index in [2.05, 4.69) is 12.2 Å². The minimum absolute atomic E-state index is 0.349. The molecule has 0 aliphatic carbocycles. The fourth-order valence-electron chi connectivity index (χ4n) is 1.65. The van der Waals surface area contributed by atoms with Crippen molar-refractivity contribution in [2.45, 2.75) is 26.7 Å². The van der Waals surface area contributed by atoms with Crippen molar-refractivity contribution in [1.29, 1.82) is 0 Å². The smallest absolute Gasteiger partial charge is 0.338 e. The molecule has 0 spiro atoms. The first-order chi connectivity index (χ1) is 8.16. The van der Waals surface area contributed by atoms with Gasteiger partial charge in [0.1, 0.15) is 0 Å². The lowest BCUT2D eigenvalue weighted by atomic mass is 10.0. The summed E-state index contributed by atoms with van der Waals surface area (Å²) in [6, 6.07) is 9.20. The first-order valence-corrected chi connectivity index (χ1v) is 5.90. The maximum Gasteiger partial charge on any atom is 0.338 e. The van der Waals surface area contributed by atoms with Crippen LogP contribution in [0.15, 0.2) is 36.0 Å². The summed E-state index contributed by atoms with van der Waals surface area (Å²) < 4.78 is 0. The van der Waals surface area contributed by atoms with Crippen molar-refractivity contribution in [2.75, 3.05) is 6.54 Å². The maximum absolute atomic E-state index is 11.3. The minimum atomic E-state index is -0.891. The van der Waals surface area contributed by atoms with Gasteiger partial charge in [-0.05, 0) is 18.9 Å². The molecule has 0 radical (unpaired) electrons. The van der Waals surface area contributed by atoms with Gasteiger partial charge < -0.3 is 10.4 Å². The fraction of sp³-hybridized carbons (Fsp3) is 0.357. The Morgan fingerprint density at radius 1 is 1.29 bits per heavy atom. The van der Waals surface area contributed by atoms with Crippen LogP contribution in [0.1, 0.15) is 32.3 Å². The molecule has 3 heteroatoms. The van der Waals surface area contributed by atoms with Gasteiger partial charge in [-0.1, -0.05) is 43.7 Å². The number of benzene rings is 1. The first-order valence-electron chi connectivity index (χ1n) is 5.90. The highest BCUT2D eigenvalue weighted by Gasteiger charge is 2.13. The predicted molar refractivity (Wildman–Crippen MR) is 69.6 cm³/mol. The summed E-state index contributed by atoms with van der Waals surface area (Å²) in [5.74, 6) is -0.891. The van der Waals surface area contributed by atoms with Crippen molar-refractivity contribution in [3.8, 4) is 0 Å². The summed E-state index contributed by atoms with van der Waals surface area (Å²) in [5, 5.41) is 12.4. The van der Waals surface area contributed by atoms with Gasteiger partial charge in [-0.3, -0.25) is 0 Å². The normalized spacial score (nSPS) is 11.9. The number of allylic oxidation sites excluding steroid dienone is 1. The van der Waals surface area contributed by atoms with Crippen LogP contribution < -0.4 is 5.32 Å². The molecule has 3 nitrogen and oxygen atoms in total. The van der Waals surface area contributed by atoms with Gasteiger partial charge in [0.05, 0.1) is 5.57 Å². The molecule has 0 unspecified atom stereocenters. The van der Waals surface area contributed by atoms with Gasteiger partial charge in [0, 0.05) is 12.2 Å². The Balaban J connectivity index is 2.92. The Hall–Kier alpha value is -1.77. The molecule has 17 heavy (non-hydrogen) atoms. The van der Waals surface area contributed by atoms with Crippen molar-refractivity contribution in [2.24, 2.45) is 0 Å². The number of nitrogens with one attached hydrogen (secondary N) is 1. The Bertz CT molecular complexity index is 396. The van der Waals surface area contributed by atoms with E-state index < -0.39 is 5.97 Å². The third-order valence-corrected chi connectivity index (χ3v) is 2.57.